The first kappa shape index (κ1) is 18.0. The molecule has 26 heavy (non-hydrogen) atoms. The van der Waals surface area contributed by atoms with Gasteiger partial charge in [-0.25, -0.2) is 0 Å². The summed E-state index contributed by atoms with van der Waals surface area (Å²) in [6, 6.07) is 6.43. The molecule has 1 heterocycles. The predicted octanol–water partition coefficient (Wildman–Crippen LogP) is 4.31. The first-order chi connectivity index (χ1) is 12.4. The number of nitrogens with zero attached hydrogens (tertiary/aromatic N) is 1. The third-order valence-electron chi connectivity index (χ3n) is 7.35. The average Bonchev–Trinajstić information content (AvgIpc) is 3.41. The van der Waals surface area contributed by atoms with Crippen LogP contribution in [0.25, 0.3) is 0 Å². The molecule has 3 atom stereocenters. The molecular formula is C23H33NO2. The summed E-state index contributed by atoms with van der Waals surface area (Å²) >= 11 is 0. The topological polar surface area (TPSA) is 40.5 Å². The summed E-state index contributed by atoms with van der Waals surface area (Å²) in [5.74, 6) is 2.13. The summed E-state index contributed by atoms with van der Waals surface area (Å²) in [4.78, 5) is 15.7. The highest BCUT2D eigenvalue weighted by molar-refractivity contribution is 5.82. The number of benzene rings is 1. The SMILES string of the molecule is CC(C)C(C)C(=O)C[C@]12CCN(CC3CC3)C(Cc3ccc(O)cc31)C2. The summed E-state index contributed by atoms with van der Waals surface area (Å²) in [6.45, 7) is 8.70. The number of ketones is 1. The van der Waals surface area contributed by atoms with Gasteiger partial charge < -0.3 is 5.11 Å². The van der Waals surface area contributed by atoms with E-state index in [9.17, 15) is 9.90 Å². The molecule has 2 aliphatic carbocycles. The molecule has 2 fully saturated rings. The molecule has 1 aromatic rings. The normalized spacial score (nSPS) is 29.5. The number of aromatic hydroxyl groups is 1. The Morgan fingerprint density at radius 1 is 1.31 bits per heavy atom. The number of carbonyl (C=O) groups excluding carboxylic acids is 1. The zero-order valence-electron chi connectivity index (χ0n) is 16.5. The van der Waals surface area contributed by atoms with E-state index in [-0.39, 0.29) is 11.3 Å². The lowest BCUT2D eigenvalue weighted by molar-refractivity contribution is -0.125. The zero-order valence-corrected chi connectivity index (χ0v) is 16.5. The van der Waals surface area contributed by atoms with E-state index in [2.05, 4.69) is 31.7 Å². The van der Waals surface area contributed by atoms with Crippen LogP contribution < -0.4 is 0 Å². The van der Waals surface area contributed by atoms with Crippen molar-refractivity contribution in [3.05, 3.63) is 29.3 Å². The van der Waals surface area contributed by atoms with Crippen molar-refractivity contribution in [2.75, 3.05) is 13.1 Å². The first-order valence-electron chi connectivity index (χ1n) is 10.5. The van der Waals surface area contributed by atoms with Gasteiger partial charge in [0.2, 0.25) is 0 Å². The van der Waals surface area contributed by atoms with Crippen molar-refractivity contribution >= 4 is 5.78 Å². The second kappa shape index (κ2) is 6.67. The van der Waals surface area contributed by atoms with Gasteiger partial charge in [-0.2, -0.15) is 0 Å². The highest BCUT2D eigenvalue weighted by Crippen LogP contribution is 2.49. The molecule has 1 N–H and O–H groups in total. The lowest BCUT2D eigenvalue weighted by Gasteiger charge is -2.51. The molecule has 0 amide bonds. The maximum Gasteiger partial charge on any atom is 0.136 e. The van der Waals surface area contributed by atoms with Gasteiger partial charge in [-0.05, 0) is 73.7 Å². The summed E-state index contributed by atoms with van der Waals surface area (Å²) < 4.78 is 0. The molecule has 2 bridgehead atoms. The second-order valence-corrected chi connectivity index (χ2v) is 9.55. The Morgan fingerprint density at radius 2 is 2.08 bits per heavy atom. The van der Waals surface area contributed by atoms with Crippen LogP contribution in [-0.4, -0.2) is 34.9 Å². The van der Waals surface area contributed by atoms with Gasteiger partial charge in [0, 0.05) is 30.3 Å². The Labute approximate surface area is 157 Å². The molecule has 1 saturated carbocycles. The maximum atomic E-state index is 13.0. The van der Waals surface area contributed by atoms with Crippen molar-refractivity contribution in [2.24, 2.45) is 17.8 Å². The Balaban J connectivity index is 1.65. The third kappa shape index (κ3) is 3.31. The van der Waals surface area contributed by atoms with Gasteiger partial charge in [-0.3, -0.25) is 9.69 Å². The molecule has 0 aromatic heterocycles. The minimum Gasteiger partial charge on any atom is -0.508 e. The molecule has 1 saturated heterocycles. The molecule has 3 heteroatoms. The van der Waals surface area contributed by atoms with Gasteiger partial charge >= 0.3 is 0 Å². The average molecular weight is 356 g/mol. The molecule has 0 spiro atoms. The number of likely N-dealkylation sites (tertiary alicyclic amines) is 1. The summed E-state index contributed by atoms with van der Waals surface area (Å²) in [5.41, 5.74) is 2.53. The van der Waals surface area contributed by atoms with Crippen LogP contribution in [0.1, 0.15) is 64.0 Å². The van der Waals surface area contributed by atoms with Crippen LogP contribution in [-0.2, 0) is 16.6 Å². The van der Waals surface area contributed by atoms with E-state index in [0.29, 0.717) is 29.9 Å². The van der Waals surface area contributed by atoms with E-state index in [0.717, 1.165) is 31.7 Å². The molecule has 0 radical (unpaired) electrons. The Kier molecular flexibility index (Phi) is 4.63. The highest BCUT2D eigenvalue weighted by Gasteiger charge is 2.48. The number of carbonyl (C=O) groups is 1. The van der Waals surface area contributed by atoms with Gasteiger partial charge in [0.25, 0.3) is 0 Å². The van der Waals surface area contributed by atoms with Gasteiger partial charge in [0.15, 0.2) is 0 Å². The number of piperidine rings is 1. The minimum absolute atomic E-state index is 0.0721. The Hall–Kier alpha value is -1.35. The maximum absolute atomic E-state index is 13.0. The van der Waals surface area contributed by atoms with Crippen molar-refractivity contribution in [1.82, 2.24) is 4.90 Å². The molecular weight excluding hydrogens is 322 g/mol. The highest BCUT2D eigenvalue weighted by atomic mass is 16.3. The van der Waals surface area contributed by atoms with E-state index in [1.807, 2.05) is 12.1 Å². The minimum atomic E-state index is -0.0721. The van der Waals surface area contributed by atoms with Crippen molar-refractivity contribution in [3.8, 4) is 5.75 Å². The van der Waals surface area contributed by atoms with Gasteiger partial charge in [0.05, 0.1) is 0 Å². The fourth-order valence-corrected chi connectivity index (χ4v) is 5.15. The number of Topliss-reactive ketones (excluding diaryl/α,β-unsaturated/α-hetero) is 1. The number of rotatable bonds is 6. The molecule has 1 aromatic carbocycles. The van der Waals surface area contributed by atoms with Crippen LogP contribution in [0.4, 0.5) is 0 Å². The number of phenolic OH excluding ortho intramolecular Hbond substituents is 1. The van der Waals surface area contributed by atoms with Crippen LogP contribution in [0.3, 0.4) is 0 Å². The van der Waals surface area contributed by atoms with Crippen LogP contribution in [0.2, 0.25) is 0 Å². The smallest absolute Gasteiger partial charge is 0.136 e. The van der Waals surface area contributed by atoms with E-state index in [1.54, 1.807) is 0 Å². The van der Waals surface area contributed by atoms with Crippen molar-refractivity contribution < 1.29 is 9.90 Å². The van der Waals surface area contributed by atoms with Crippen molar-refractivity contribution in [2.45, 2.75) is 70.8 Å². The lowest BCUT2D eigenvalue weighted by Crippen LogP contribution is -2.54. The standard InChI is InChI=1S/C23H33NO2/c1-15(2)16(3)22(26)13-23-8-9-24(14-17-4-5-17)19(12-23)10-18-6-7-20(25)11-21(18)23/h6-7,11,15-17,19,25H,4-5,8-10,12-14H2,1-3H3/t16?,19?,23-/m1/s1. The van der Waals surface area contributed by atoms with Crippen molar-refractivity contribution in [1.29, 1.82) is 0 Å². The molecule has 3 nitrogen and oxygen atoms in total. The third-order valence-corrected chi connectivity index (χ3v) is 7.35. The van der Waals surface area contributed by atoms with Gasteiger partial charge in [-0.15, -0.1) is 0 Å². The quantitative estimate of drug-likeness (QED) is 0.826. The van der Waals surface area contributed by atoms with Crippen LogP contribution in [0.5, 0.6) is 5.75 Å². The monoisotopic (exact) mass is 355 g/mol. The number of fused-ring (bicyclic) bond motifs is 4. The summed E-state index contributed by atoms with van der Waals surface area (Å²) in [6.07, 6.45) is 6.61. The van der Waals surface area contributed by atoms with Crippen LogP contribution >= 0.6 is 0 Å². The second-order valence-electron chi connectivity index (χ2n) is 9.55. The van der Waals surface area contributed by atoms with Gasteiger partial charge in [-0.1, -0.05) is 26.8 Å². The summed E-state index contributed by atoms with van der Waals surface area (Å²) in [7, 11) is 0. The molecule has 4 rings (SSSR count). The van der Waals surface area contributed by atoms with E-state index in [4.69, 9.17) is 0 Å². The fourth-order valence-electron chi connectivity index (χ4n) is 5.15. The number of phenols is 1. The molecule has 1 aliphatic heterocycles. The zero-order chi connectivity index (χ0) is 18.5. The Bertz CT molecular complexity index is 693. The van der Waals surface area contributed by atoms with E-state index < -0.39 is 0 Å². The lowest BCUT2D eigenvalue weighted by atomic mass is 9.61. The van der Waals surface area contributed by atoms with Crippen molar-refractivity contribution in [3.63, 3.8) is 0 Å². The number of hydrogen-bond acceptors (Lipinski definition) is 3. The fraction of sp³-hybridized carbons (Fsp3) is 0.696. The summed E-state index contributed by atoms with van der Waals surface area (Å²) in [5, 5.41) is 10.1. The van der Waals surface area contributed by atoms with Gasteiger partial charge in [0.1, 0.15) is 11.5 Å². The number of hydrogen-bond donors (Lipinski definition) is 1. The van der Waals surface area contributed by atoms with E-state index >= 15 is 0 Å². The van der Waals surface area contributed by atoms with E-state index in [1.165, 1.54) is 30.5 Å². The van der Waals surface area contributed by atoms with Crippen LogP contribution in [0, 0.1) is 17.8 Å². The molecule has 3 aliphatic rings. The molecule has 142 valence electrons. The predicted molar refractivity (Wildman–Crippen MR) is 104 cm³/mol. The first-order valence-corrected chi connectivity index (χ1v) is 10.5. The largest absolute Gasteiger partial charge is 0.508 e. The van der Waals surface area contributed by atoms with Crippen LogP contribution in [0.15, 0.2) is 18.2 Å². The molecule has 2 unspecified atom stereocenters. The Morgan fingerprint density at radius 3 is 2.77 bits per heavy atom.